The van der Waals surface area contributed by atoms with E-state index in [0.29, 0.717) is 34.3 Å². The summed E-state index contributed by atoms with van der Waals surface area (Å²) in [6, 6.07) is 8.10. The van der Waals surface area contributed by atoms with E-state index in [4.69, 9.17) is 35.1 Å². The molecule has 10 nitrogen and oxygen atoms in total. The summed E-state index contributed by atoms with van der Waals surface area (Å²) < 4.78 is 26.6. The zero-order chi connectivity index (χ0) is 26.1. The topological polar surface area (TPSA) is 121 Å². The van der Waals surface area contributed by atoms with Crippen LogP contribution in [-0.2, 0) is 9.59 Å². The molecule has 1 aliphatic rings. The number of carbonyl (C=O) groups excluding carboxylic acids is 2. The van der Waals surface area contributed by atoms with Crippen molar-refractivity contribution < 1.29 is 38.2 Å². The number of Topliss-reactive ketones (excluding diaryl/α,β-unsaturated/α-hetero) is 1. The molecule has 1 aromatic heterocycles. The van der Waals surface area contributed by atoms with Crippen molar-refractivity contribution in [3.8, 4) is 23.0 Å². The van der Waals surface area contributed by atoms with E-state index >= 15 is 0 Å². The molecule has 188 valence electrons. The molecule has 2 aromatic carbocycles. The average molecular weight is 515 g/mol. The maximum absolute atomic E-state index is 13.3. The summed E-state index contributed by atoms with van der Waals surface area (Å²) in [5.41, 5.74) is 0.425. The van der Waals surface area contributed by atoms with Gasteiger partial charge in [-0.1, -0.05) is 16.8 Å². The first-order valence-electron chi connectivity index (χ1n) is 10.6. The highest BCUT2D eigenvalue weighted by molar-refractivity contribution is 6.51. The molecule has 0 radical (unpaired) electrons. The fourth-order valence-corrected chi connectivity index (χ4v) is 4.34. The van der Waals surface area contributed by atoms with Gasteiger partial charge in [0.15, 0.2) is 17.3 Å². The first-order valence-corrected chi connectivity index (χ1v) is 11.0. The van der Waals surface area contributed by atoms with Crippen LogP contribution < -0.4 is 23.8 Å². The molecule has 0 unspecified atom stereocenters. The molecule has 0 saturated carbocycles. The lowest BCUT2D eigenvalue weighted by Gasteiger charge is -2.24. The molecule has 1 atom stereocenters. The molecule has 11 heteroatoms. The Hall–Kier alpha value is -4.18. The third-order valence-corrected chi connectivity index (χ3v) is 6.03. The van der Waals surface area contributed by atoms with Crippen LogP contribution in [0.25, 0.3) is 5.76 Å². The third-order valence-electron chi connectivity index (χ3n) is 5.73. The summed E-state index contributed by atoms with van der Waals surface area (Å²) in [7, 11) is 5.80. The van der Waals surface area contributed by atoms with Crippen molar-refractivity contribution in [2.75, 3.05) is 33.3 Å². The molecule has 0 bridgehead atoms. The highest BCUT2D eigenvalue weighted by Gasteiger charge is 2.48. The van der Waals surface area contributed by atoms with Crippen molar-refractivity contribution in [1.29, 1.82) is 0 Å². The van der Waals surface area contributed by atoms with Crippen LogP contribution in [0, 0.1) is 6.92 Å². The standard InChI is InChI=1S/C25H23ClN2O8/c1-12-8-19(27-36-12)28-21(14-10-17(33-3)24(35-5)18(11-14)34-4)20(23(30)25(28)31)22(29)13-6-7-16(32-2)15(26)9-13/h6-11,21,29H,1-5H3/t21-/m1/s1. The lowest BCUT2D eigenvalue weighted by Crippen LogP contribution is -2.29. The number of methoxy groups -OCH3 is 4. The van der Waals surface area contributed by atoms with Crippen molar-refractivity contribution in [2.24, 2.45) is 0 Å². The summed E-state index contributed by atoms with van der Waals surface area (Å²) in [4.78, 5) is 27.7. The molecule has 1 N–H and O–H groups in total. The quantitative estimate of drug-likeness (QED) is 0.279. The largest absolute Gasteiger partial charge is 0.507 e. The Bertz CT molecular complexity index is 1360. The number of hydrogen-bond donors (Lipinski definition) is 1. The number of aliphatic hydroxyl groups is 1. The minimum Gasteiger partial charge on any atom is -0.507 e. The second-order valence-electron chi connectivity index (χ2n) is 7.77. The molecule has 1 aliphatic heterocycles. The number of nitrogens with zero attached hydrogens (tertiary/aromatic N) is 2. The predicted octanol–water partition coefficient (Wildman–Crippen LogP) is 4.30. The Balaban J connectivity index is 2.00. The van der Waals surface area contributed by atoms with Crippen LogP contribution in [0.4, 0.5) is 5.82 Å². The van der Waals surface area contributed by atoms with Gasteiger partial charge in [-0.2, -0.15) is 0 Å². The van der Waals surface area contributed by atoms with Crippen molar-refractivity contribution in [1.82, 2.24) is 5.16 Å². The van der Waals surface area contributed by atoms with Gasteiger partial charge in [0.25, 0.3) is 5.78 Å². The van der Waals surface area contributed by atoms with Gasteiger partial charge in [-0.15, -0.1) is 0 Å². The van der Waals surface area contributed by atoms with E-state index in [0.717, 1.165) is 4.90 Å². The van der Waals surface area contributed by atoms with Crippen LogP contribution in [0.1, 0.15) is 22.9 Å². The van der Waals surface area contributed by atoms with Gasteiger partial charge in [0, 0.05) is 11.6 Å². The monoisotopic (exact) mass is 514 g/mol. The molecule has 1 fully saturated rings. The van der Waals surface area contributed by atoms with E-state index in [-0.39, 0.29) is 22.0 Å². The number of amides is 1. The van der Waals surface area contributed by atoms with E-state index in [1.165, 1.54) is 46.6 Å². The van der Waals surface area contributed by atoms with E-state index in [9.17, 15) is 14.7 Å². The Morgan fingerprint density at radius 1 is 0.972 bits per heavy atom. The molecule has 2 heterocycles. The summed E-state index contributed by atoms with van der Waals surface area (Å²) in [5.74, 6) is -0.436. The Morgan fingerprint density at radius 2 is 1.61 bits per heavy atom. The van der Waals surface area contributed by atoms with Crippen LogP contribution in [0.3, 0.4) is 0 Å². The van der Waals surface area contributed by atoms with E-state index in [1.807, 2.05) is 0 Å². The number of carbonyl (C=O) groups is 2. The summed E-state index contributed by atoms with van der Waals surface area (Å²) in [5, 5.41) is 15.4. The minimum absolute atomic E-state index is 0.0974. The second-order valence-corrected chi connectivity index (χ2v) is 8.18. The first kappa shape index (κ1) is 24.9. The van der Waals surface area contributed by atoms with Gasteiger partial charge in [0.1, 0.15) is 17.3 Å². The van der Waals surface area contributed by atoms with E-state index in [1.54, 1.807) is 25.1 Å². The molecule has 1 amide bonds. The van der Waals surface area contributed by atoms with Crippen LogP contribution in [0.2, 0.25) is 5.02 Å². The number of aryl methyl sites for hydroxylation is 1. The summed E-state index contributed by atoms with van der Waals surface area (Å²) in [6.07, 6.45) is 0. The van der Waals surface area contributed by atoms with Crippen molar-refractivity contribution >= 4 is 34.9 Å². The Morgan fingerprint density at radius 3 is 2.11 bits per heavy atom. The molecular weight excluding hydrogens is 492 g/mol. The molecular formula is C25H23ClN2O8. The Labute approximate surface area is 211 Å². The number of aromatic nitrogens is 1. The van der Waals surface area contributed by atoms with Gasteiger partial charge in [0.2, 0.25) is 5.75 Å². The lowest BCUT2D eigenvalue weighted by molar-refractivity contribution is -0.132. The van der Waals surface area contributed by atoms with Gasteiger partial charge in [-0.05, 0) is 42.8 Å². The zero-order valence-corrected chi connectivity index (χ0v) is 20.9. The van der Waals surface area contributed by atoms with Gasteiger partial charge in [-0.3, -0.25) is 14.5 Å². The number of benzene rings is 2. The van der Waals surface area contributed by atoms with Crippen LogP contribution >= 0.6 is 11.6 Å². The van der Waals surface area contributed by atoms with Gasteiger partial charge >= 0.3 is 5.91 Å². The Kier molecular flexibility index (Phi) is 6.80. The highest BCUT2D eigenvalue weighted by atomic mass is 35.5. The smallest absolute Gasteiger partial charge is 0.301 e. The van der Waals surface area contributed by atoms with Crippen molar-refractivity contribution in [2.45, 2.75) is 13.0 Å². The lowest BCUT2D eigenvalue weighted by atomic mass is 9.94. The zero-order valence-electron chi connectivity index (χ0n) is 20.1. The summed E-state index contributed by atoms with van der Waals surface area (Å²) in [6.45, 7) is 1.65. The van der Waals surface area contributed by atoms with Gasteiger partial charge in [0.05, 0.1) is 45.1 Å². The van der Waals surface area contributed by atoms with Crippen LogP contribution in [-0.4, -0.2) is 50.4 Å². The first-order chi connectivity index (χ1) is 17.2. The number of hydrogen-bond acceptors (Lipinski definition) is 9. The third kappa shape index (κ3) is 4.09. The van der Waals surface area contributed by atoms with Crippen LogP contribution in [0.5, 0.6) is 23.0 Å². The molecule has 36 heavy (non-hydrogen) atoms. The van der Waals surface area contributed by atoms with Crippen molar-refractivity contribution in [3.63, 3.8) is 0 Å². The molecule has 4 rings (SSSR count). The highest BCUT2D eigenvalue weighted by Crippen LogP contribution is 2.47. The van der Waals surface area contributed by atoms with Crippen LogP contribution in [0.15, 0.2) is 46.5 Å². The SMILES string of the molecule is COc1ccc(C(O)=C2C(=O)C(=O)N(c3cc(C)on3)[C@@H]2c2cc(OC)c(OC)c(OC)c2)cc1Cl. The maximum Gasteiger partial charge on any atom is 0.301 e. The van der Waals surface area contributed by atoms with Crippen molar-refractivity contribution in [3.05, 3.63) is 63.9 Å². The number of rotatable bonds is 7. The molecule has 0 aliphatic carbocycles. The average Bonchev–Trinajstić information content (AvgIpc) is 3.42. The molecule has 1 saturated heterocycles. The number of halogens is 1. The number of aliphatic hydroxyl groups excluding tert-OH is 1. The number of anilines is 1. The summed E-state index contributed by atoms with van der Waals surface area (Å²) >= 11 is 6.25. The van der Waals surface area contributed by atoms with E-state index in [2.05, 4.69) is 5.16 Å². The van der Waals surface area contributed by atoms with E-state index < -0.39 is 23.5 Å². The number of ketones is 1. The molecule has 0 spiro atoms. The fourth-order valence-electron chi connectivity index (χ4n) is 4.08. The van der Waals surface area contributed by atoms with Gasteiger partial charge in [-0.25, -0.2) is 0 Å². The minimum atomic E-state index is -1.11. The normalized spacial score (nSPS) is 16.8. The molecule has 3 aromatic rings. The fraction of sp³-hybridized carbons (Fsp3) is 0.240. The second kappa shape index (κ2) is 9.82. The number of ether oxygens (including phenoxy) is 4. The maximum atomic E-state index is 13.3. The predicted molar refractivity (Wildman–Crippen MR) is 130 cm³/mol. The van der Waals surface area contributed by atoms with Gasteiger partial charge < -0.3 is 28.6 Å².